The van der Waals surface area contributed by atoms with E-state index >= 15 is 0 Å². The van der Waals surface area contributed by atoms with Gasteiger partial charge in [-0.1, -0.05) is 12.8 Å². The Morgan fingerprint density at radius 1 is 1.21 bits per heavy atom. The summed E-state index contributed by atoms with van der Waals surface area (Å²) in [4.78, 5) is 22.4. The van der Waals surface area contributed by atoms with E-state index in [2.05, 4.69) is 10.6 Å². The van der Waals surface area contributed by atoms with Crippen LogP contribution in [0.3, 0.4) is 0 Å². The Balaban J connectivity index is 2.36. The molecule has 5 nitrogen and oxygen atoms in total. The van der Waals surface area contributed by atoms with E-state index in [1.165, 1.54) is 0 Å². The molecule has 110 valence electrons. The summed E-state index contributed by atoms with van der Waals surface area (Å²) >= 11 is 0. The number of carboxylic acid groups (broad SMARTS) is 1. The van der Waals surface area contributed by atoms with Crippen molar-refractivity contribution < 1.29 is 27.9 Å². The lowest BCUT2D eigenvalue weighted by atomic mass is 9.84. The second kappa shape index (κ2) is 6.63. The Bertz CT molecular complexity index is 334. The predicted octanol–water partition coefficient (Wildman–Crippen LogP) is 1.88. The number of halogens is 3. The number of urea groups is 1. The Morgan fingerprint density at radius 2 is 1.84 bits per heavy atom. The largest absolute Gasteiger partial charge is 0.481 e. The van der Waals surface area contributed by atoms with E-state index in [0.717, 1.165) is 12.8 Å². The molecule has 0 aromatic carbocycles. The molecule has 0 aliphatic heterocycles. The molecule has 0 saturated heterocycles. The fourth-order valence-electron chi connectivity index (χ4n) is 2.14. The summed E-state index contributed by atoms with van der Waals surface area (Å²) in [7, 11) is 0. The number of alkyl halides is 3. The van der Waals surface area contributed by atoms with Crippen LogP contribution in [0, 0.1) is 5.92 Å². The van der Waals surface area contributed by atoms with Crippen molar-refractivity contribution in [1.29, 1.82) is 0 Å². The Labute approximate surface area is 108 Å². The molecule has 3 N–H and O–H groups in total. The lowest BCUT2D eigenvalue weighted by molar-refractivity contribution is -0.143. The molecule has 1 saturated carbocycles. The zero-order chi connectivity index (χ0) is 14.5. The van der Waals surface area contributed by atoms with Gasteiger partial charge >= 0.3 is 18.2 Å². The van der Waals surface area contributed by atoms with Gasteiger partial charge in [0, 0.05) is 12.6 Å². The second-order valence-corrected chi connectivity index (χ2v) is 4.60. The monoisotopic (exact) mass is 282 g/mol. The van der Waals surface area contributed by atoms with E-state index in [4.69, 9.17) is 5.11 Å². The van der Waals surface area contributed by atoms with Crippen molar-refractivity contribution in [2.75, 3.05) is 6.54 Å². The third-order valence-corrected chi connectivity index (χ3v) is 3.09. The van der Waals surface area contributed by atoms with Crippen LogP contribution in [-0.4, -0.2) is 35.9 Å². The maximum absolute atomic E-state index is 11.9. The number of hydrogen-bond donors (Lipinski definition) is 3. The van der Waals surface area contributed by atoms with Gasteiger partial charge in [-0.2, -0.15) is 13.2 Å². The van der Waals surface area contributed by atoms with E-state index < -0.39 is 43.1 Å². The van der Waals surface area contributed by atoms with Gasteiger partial charge in [0.15, 0.2) is 0 Å². The number of amides is 2. The van der Waals surface area contributed by atoms with Gasteiger partial charge in [0.25, 0.3) is 0 Å². The number of carbonyl (C=O) groups excluding carboxylic acids is 1. The molecule has 2 atom stereocenters. The van der Waals surface area contributed by atoms with E-state index in [9.17, 15) is 22.8 Å². The van der Waals surface area contributed by atoms with E-state index in [-0.39, 0.29) is 0 Å². The molecule has 0 aromatic rings. The zero-order valence-corrected chi connectivity index (χ0v) is 10.3. The highest BCUT2D eigenvalue weighted by molar-refractivity contribution is 5.76. The molecule has 0 heterocycles. The molecule has 1 rings (SSSR count). The van der Waals surface area contributed by atoms with Gasteiger partial charge in [0.05, 0.1) is 12.3 Å². The number of hydrogen-bond acceptors (Lipinski definition) is 2. The molecule has 0 spiro atoms. The van der Waals surface area contributed by atoms with Crippen molar-refractivity contribution in [1.82, 2.24) is 10.6 Å². The minimum absolute atomic E-state index is 0.475. The van der Waals surface area contributed by atoms with Crippen molar-refractivity contribution in [2.45, 2.75) is 44.3 Å². The first-order chi connectivity index (χ1) is 8.79. The summed E-state index contributed by atoms with van der Waals surface area (Å²) in [5, 5.41) is 13.5. The molecule has 1 aliphatic carbocycles. The van der Waals surface area contributed by atoms with E-state index in [1.54, 1.807) is 0 Å². The molecule has 1 fully saturated rings. The van der Waals surface area contributed by atoms with Crippen LogP contribution in [-0.2, 0) is 4.79 Å². The fraction of sp³-hybridized carbons (Fsp3) is 0.818. The van der Waals surface area contributed by atoms with E-state index in [0.29, 0.717) is 12.8 Å². The SMILES string of the molecule is O=C(NCCC(F)(F)F)NC1CCCCC1C(=O)O. The van der Waals surface area contributed by atoms with Crippen LogP contribution in [0.15, 0.2) is 0 Å². The molecule has 1 aliphatic rings. The van der Waals surface area contributed by atoms with Crippen LogP contribution in [0.4, 0.5) is 18.0 Å². The standard InChI is InChI=1S/C11H17F3N2O3/c12-11(13,14)5-6-15-10(19)16-8-4-2-1-3-7(8)9(17)18/h7-8H,1-6H2,(H,17,18)(H2,15,16,19). The second-order valence-electron chi connectivity index (χ2n) is 4.60. The third kappa shape index (κ3) is 5.80. The molecule has 2 amide bonds. The van der Waals surface area contributed by atoms with Gasteiger partial charge in [-0.15, -0.1) is 0 Å². The highest BCUT2D eigenvalue weighted by Gasteiger charge is 2.32. The van der Waals surface area contributed by atoms with Crippen LogP contribution in [0.5, 0.6) is 0 Å². The van der Waals surface area contributed by atoms with Crippen LogP contribution in [0.1, 0.15) is 32.1 Å². The van der Waals surface area contributed by atoms with Crippen LogP contribution in [0.2, 0.25) is 0 Å². The minimum Gasteiger partial charge on any atom is -0.481 e. The molecule has 19 heavy (non-hydrogen) atoms. The van der Waals surface area contributed by atoms with Crippen molar-refractivity contribution in [3.8, 4) is 0 Å². The number of carbonyl (C=O) groups is 2. The summed E-state index contributed by atoms with van der Waals surface area (Å²) in [5.74, 6) is -1.65. The molecular formula is C11H17F3N2O3. The number of carboxylic acids is 1. The summed E-state index contributed by atoms with van der Waals surface area (Å²) in [6.07, 6.45) is -2.83. The van der Waals surface area contributed by atoms with E-state index in [1.807, 2.05) is 0 Å². The van der Waals surface area contributed by atoms with Crippen molar-refractivity contribution in [3.05, 3.63) is 0 Å². The first-order valence-electron chi connectivity index (χ1n) is 6.13. The molecule has 0 radical (unpaired) electrons. The Hall–Kier alpha value is -1.47. The maximum Gasteiger partial charge on any atom is 0.390 e. The molecule has 0 aromatic heterocycles. The van der Waals surface area contributed by atoms with Gasteiger partial charge in [-0.05, 0) is 12.8 Å². The molecular weight excluding hydrogens is 265 g/mol. The molecule has 8 heteroatoms. The summed E-state index contributed by atoms with van der Waals surface area (Å²) in [6.45, 7) is -0.514. The van der Waals surface area contributed by atoms with Crippen LogP contribution >= 0.6 is 0 Å². The Morgan fingerprint density at radius 3 is 2.42 bits per heavy atom. The van der Waals surface area contributed by atoms with Gasteiger partial charge in [0.2, 0.25) is 0 Å². The van der Waals surface area contributed by atoms with Crippen LogP contribution in [0.25, 0.3) is 0 Å². The average Bonchev–Trinajstić information content (AvgIpc) is 2.27. The number of nitrogens with one attached hydrogen (secondary N) is 2. The maximum atomic E-state index is 11.9. The number of rotatable bonds is 4. The van der Waals surface area contributed by atoms with Gasteiger partial charge in [-0.3, -0.25) is 4.79 Å². The van der Waals surface area contributed by atoms with Crippen molar-refractivity contribution in [3.63, 3.8) is 0 Å². The van der Waals surface area contributed by atoms with Gasteiger partial charge in [0.1, 0.15) is 0 Å². The Kier molecular flexibility index (Phi) is 5.44. The first-order valence-corrected chi connectivity index (χ1v) is 6.13. The predicted molar refractivity (Wildman–Crippen MR) is 60.6 cm³/mol. The summed E-state index contributed by atoms with van der Waals surface area (Å²) in [5.41, 5.74) is 0. The van der Waals surface area contributed by atoms with Crippen LogP contribution < -0.4 is 10.6 Å². The van der Waals surface area contributed by atoms with Gasteiger partial charge < -0.3 is 15.7 Å². The topological polar surface area (TPSA) is 78.4 Å². The average molecular weight is 282 g/mol. The zero-order valence-electron chi connectivity index (χ0n) is 10.3. The lowest BCUT2D eigenvalue weighted by Crippen LogP contribution is -2.49. The quantitative estimate of drug-likeness (QED) is 0.736. The van der Waals surface area contributed by atoms with Gasteiger partial charge in [-0.25, -0.2) is 4.79 Å². The molecule has 2 unspecified atom stereocenters. The number of aliphatic carboxylic acids is 1. The van der Waals surface area contributed by atoms with Crippen molar-refractivity contribution >= 4 is 12.0 Å². The lowest BCUT2D eigenvalue weighted by Gasteiger charge is -2.29. The fourth-order valence-corrected chi connectivity index (χ4v) is 2.14. The third-order valence-electron chi connectivity index (χ3n) is 3.09. The molecule has 0 bridgehead atoms. The minimum atomic E-state index is -4.32. The summed E-state index contributed by atoms with van der Waals surface area (Å²) < 4.78 is 35.6. The first kappa shape index (κ1) is 15.6. The van der Waals surface area contributed by atoms with Crippen molar-refractivity contribution in [2.24, 2.45) is 5.92 Å². The summed E-state index contributed by atoms with van der Waals surface area (Å²) in [6, 6.07) is -1.26. The highest BCUT2D eigenvalue weighted by atomic mass is 19.4. The normalized spacial score (nSPS) is 23.7. The smallest absolute Gasteiger partial charge is 0.390 e. The highest BCUT2D eigenvalue weighted by Crippen LogP contribution is 2.24.